The summed E-state index contributed by atoms with van der Waals surface area (Å²) >= 11 is 6.17. The maximum Gasteiger partial charge on any atom is 0.573 e. The number of nitrogens with one attached hydrogen (secondary N) is 1. The molecular formula is C25H28ClF6NO3. The molecule has 3 atom stereocenters. The highest BCUT2D eigenvalue weighted by Gasteiger charge is 2.42. The van der Waals surface area contributed by atoms with Gasteiger partial charge < -0.3 is 19.9 Å². The molecule has 1 aliphatic rings. The fourth-order valence-corrected chi connectivity index (χ4v) is 4.80. The van der Waals surface area contributed by atoms with Crippen LogP contribution in [-0.4, -0.2) is 41.9 Å². The third kappa shape index (κ3) is 8.18. The molecule has 36 heavy (non-hydrogen) atoms. The van der Waals surface area contributed by atoms with Gasteiger partial charge in [0, 0.05) is 23.5 Å². The van der Waals surface area contributed by atoms with Gasteiger partial charge in [0.1, 0.15) is 17.6 Å². The van der Waals surface area contributed by atoms with Crippen LogP contribution in [0.5, 0.6) is 11.5 Å². The minimum atomic E-state index is -4.87. The SMILES string of the molecule is CCc1cc(OC2CCCC(Cc3cccc(OC(F)(F)F)c3)(NCC(O)C(F)(F)F)C2)ccc1Cl. The van der Waals surface area contributed by atoms with E-state index in [0.717, 1.165) is 11.6 Å². The van der Waals surface area contributed by atoms with Crippen LogP contribution in [0.15, 0.2) is 42.5 Å². The second-order valence-corrected chi connectivity index (χ2v) is 9.44. The zero-order chi connectivity index (χ0) is 26.6. The van der Waals surface area contributed by atoms with Gasteiger partial charge in [0.2, 0.25) is 0 Å². The summed E-state index contributed by atoms with van der Waals surface area (Å²) in [4.78, 5) is 0. The number of aliphatic hydroxyl groups is 1. The van der Waals surface area contributed by atoms with Gasteiger partial charge in [0.05, 0.1) is 0 Å². The lowest BCUT2D eigenvalue weighted by molar-refractivity contribution is -0.274. The van der Waals surface area contributed by atoms with Crippen molar-refractivity contribution in [3.05, 3.63) is 58.6 Å². The summed E-state index contributed by atoms with van der Waals surface area (Å²) in [5.74, 6) is 0.162. The number of hydrogen-bond donors (Lipinski definition) is 2. The molecule has 0 aromatic heterocycles. The first-order valence-electron chi connectivity index (χ1n) is 11.6. The number of aryl methyl sites for hydroxylation is 1. The molecule has 0 radical (unpaired) electrons. The van der Waals surface area contributed by atoms with Gasteiger partial charge in [-0.05, 0) is 73.6 Å². The van der Waals surface area contributed by atoms with Crippen molar-refractivity contribution in [2.45, 2.75) is 75.7 Å². The van der Waals surface area contributed by atoms with Crippen LogP contribution in [0.3, 0.4) is 0 Å². The number of aliphatic hydroxyl groups excluding tert-OH is 1. The lowest BCUT2D eigenvalue weighted by Gasteiger charge is -2.42. The van der Waals surface area contributed by atoms with Crippen LogP contribution in [0.4, 0.5) is 26.3 Å². The first-order valence-corrected chi connectivity index (χ1v) is 12.0. The van der Waals surface area contributed by atoms with E-state index >= 15 is 0 Å². The van der Waals surface area contributed by atoms with E-state index in [1.165, 1.54) is 12.1 Å². The summed E-state index contributed by atoms with van der Waals surface area (Å²) in [5, 5.41) is 13.1. The van der Waals surface area contributed by atoms with E-state index < -0.39 is 36.5 Å². The van der Waals surface area contributed by atoms with Crippen molar-refractivity contribution in [1.82, 2.24) is 5.32 Å². The van der Waals surface area contributed by atoms with Gasteiger partial charge in [-0.15, -0.1) is 13.2 Å². The van der Waals surface area contributed by atoms with E-state index in [2.05, 4.69) is 10.1 Å². The van der Waals surface area contributed by atoms with Crippen LogP contribution in [-0.2, 0) is 12.8 Å². The predicted octanol–water partition coefficient (Wildman–Crippen LogP) is 6.62. The smallest absolute Gasteiger partial charge is 0.490 e. The summed E-state index contributed by atoms with van der Waals surface area (Å²) in [6.45, 7) is 1.19. The van der Waals surface area contributed by atoms with Crippen molar-refractivity contribution in [3.63, 3.8) is 0 Å². The number of ether oxygens (including phenoxy) is 2. The Bertz CT molecular complexity index is 1020. The largest absolute Gasteiger partial charge is 0.573 e. The van der Waals surface area contributed by atoms with Crippen molar-refractivity contribution < 1.29 is 40.9 Å². The van der Waals surface area contributed by atoms with Gasteiger partial charge in [-0.1, -0.05) is 30.7 Å². The van der Waals surface area contributed by atoms with Crippen molar-refractivity contribution in [3.8, 4) is 11.5 Å². The molecule has 0 spiro atoms. The fraction of sp³-hybridized carbons (Fsp3) is 0.520. The van der Waals surface area contributed by atoms with E-state index in [1.807, 2.05) is 13.0 Å². The Morgan fingerprint density at radius 2 is 1.86 bits per heavy atom. The number of alkyl halides is 6. The molecule has 0 amide bonds. The topological polar surface area (TPSA) is 50.7 Å². The summed E-state index contributed by atoms with van der Waals surface area (Å²) in [6, 6.07) is 10.6. The average molecular weight is 540 g/mol. The molecule has 4 nitrogen and oxygen atoms in total. The van der Waals surface area contributed by atoms with Crippen molar-refractivity contribution in [2.24, 2.45) is 0 Å². The first-order chi connectivity index (χ1) is 16.8. The van der Waals surface area contributed by atoms with Crippen LogP contribution in [0, 0.1) is 0 Å². The van der Waals surface area contributed by atoms with E-state index in [0.29, 0.717) is 42.0 Å². The van der Waals surface area contributed by atoms with Gasteiger partial charge in [-0.3, -0.25) is 0 Å². The summed E-state index contributed by atoms with van der Waals surface area (Å²) in [7, 11) is 0. The molecule has 1 aliphatic carbocycles. The van der Waals surface area contributed by atoms with Crippen molar-refractivity contribution in [2.75, 3.05) is 6.54 Å². The van der Waals surface area contributed by atoms with Gasteiger partial charge in [-0.25, -0.2) is 0 Å². The summed E-state index contributed by atoms with van der Waals surface area (Å²) < 4.78 is 87.1. The predicted molar refractivity (Wildman–Crippen MR) is 123 cm³/mol. The van der Waals surface area contributed by atoms with Crippen LogP contribution in [0.2, 0.25) is 5.02 Å². The minimum absolute atomic E-state index is 0.118. The zero-order valence-electron chi connectivity index (χ0n) is 19.6. The molecule has 3 unspecified atom stereocenters. The van der Waals surface area contributed by atoms with Gasteiger partial charge in [0.25, 0.3) is 0 Å². The molecule has 11 heteroatoms. The molecule has 0 heterocycles. The number of benzene rings is 2. The summed E-state index contributed by atoms with van der Waals surface area (Å²) in [5.41, 5.74) is 0.391. The molecule has 2 aromatic carbocycles. The third-order valence-corrected chi connectivity index (χ3v) is 6.59. The number of hydrogen-bond acceptors (Lipinski definition) is 4. The van der Waals surface area contributed by atoms with Crippen LogP contribution >= 0.6 is 11.6 Å². The van der Waals surface area contributed by atoms with E-state index in [1.54, 1.807) is 18.2 Å². The Morgan fingerprint density at radius 3 is 2.53 bits per heavy atom. The van der Waals surface area contributed by atoms with Crippen molar-refractivity contribution >= 4 is 11.6 Å². The van der Waals surface area contributed by atoms with Crippen molar-refractivity contribution in [1.29, 1.82) is 0 Å². The molecule has 2 aromatic rings. The lowest BCUT2D eigenvalue weighted by atomic mass is 9.76. The van der Waals surface area contributed by atoms with E-state index in [-0.39, 0.29) is 18.9 Å². The molecule has 2 N–H and O–H groups in total. The van der Waals surface area contributed by atoms with Crippen LogP contribution in [0.25, 0.3) is 0 Å². The third-order valence-electron chi connectivity index (χ3n) is 6.22. The van der Waals surface area contributed by atoms with Gasteiger partial charge in [0.15, 0.2) is 6.10 Å². The monoisotopic (exact) mass is 539 g/mol. The Labute approximate surface area is 210 Å². The first kappa shape index (κ1) is 28.4. The Hall–Kier alpha value is -2.17. The van der Waals surface area contributed by atoms with Gasteiger partial charge in [-0.2, -0.15) is 13.2 Å². The molecule has 200 valence electrons. The second-order valence-electron chi connectivity index (χ2n) is 9.03. The standard InChI is InChI=1S/C25H28ClF6NO3/c1-2-17-12-18(8-9-21(17)26)35-20-7-4-10-23(14-20,33-15-22(34)24(27,28)29)13-16-5-3-6-19(11-16)36-25(30,31)32/h3,5-6,8-9,11-12,20,22,33-34H,2,4,7,10,13-15H2,1H3. The Kier molecular flexibility index (Phi) is 9.06. The number of rotatable bonds is 9. The van der Waals surface area contributed by atoms with E-state index in [9.17, 15) is 31.4 Å². The quantitative estimate of drug-likeness (QED) is 0.352. The minimum Gasteiger partial charge on any atom is -0.490 e. The molecule has 3 rings (SSSR count). The fourth-order valence-electron chi connectivity index (χ4n) is 4.55. The Balaban J connectivity index is 1.83. The maximum absolute atomic E-state index is 13.0. The van der Waals surface area contributed by atoms with Crippen LogP contribution in [0.1, 0.15) is 43.7 Å². The molecule has 0 aliphatic heterocycles. The number of halogens is 7. The highest BCUT2D eigenvalue weighted by atomic mass is 35.5. The number of β-amino-alcohol motifs (C(OH)–C–C–N with tert-alkyl or cyclic N) is 1. The highest BCUT2D eigenvalue weighted by Crippen LogP contribution is 2.36. The molecule has 1 saturated carbocycles. The lowest BCUT2D eigenvalue weighted by Crippen LogP contribution is -2.55. The zero-order valence-corrected chi connectivity index (χ0v) is 20.3. The maximum atomic E-state index is 13.0. The molecule has 0 saturated heterocycles. The van der Waals surface area contributed by atoms with Gasteiger partial charge >= 0.3 is 12.5 Å². The normalized spacial score (nSPS) is 21.8. The summed E-state index contributed by atoms with van der Waals surface area (Å²) in [6.07, 6.45) is -9.84. The molecular weight excluding hydrogens is 512 g/mol. The van der Waals surface area contributed by atoms with E-state index in [4.69, 9.17) is 16.3 Å². The van der Waals surface area contributed by atoms with Crippen LogP contribution < -0.4 is 14.8 Å². The molecule has 0 bridgehead atoms. The highest BCUT2D eigenvalue weighted by molar-refractivity contribution is 6.31. The second kappa shape index (κ2) is 11.5. The Morgan fingerprint density at radius 1 is 1.11 bits per heavy atom. The average Bonchev–Trinajstić information content (AvgIpc) is 2.77. The molecule has 1 fully saturated rings.